The van der Waals surface area contributed by atoms with E-state index in [1.807, 2.05) is 0 Å². The van der Waals surface area contributed by atoms with Crippen LogP contribution in [0, 0.1) is 0 Å². The lowest BCUT2D eigenvalue weighted by atomic mass is 10.1. The van der Waals surface area contributed by atoms with Crippen molar-refractivity contribution in [1.82, 2.24) is 21.3 Å². The van der Waals surface area contributed by atoms with Gasteiger partial charge in [0, 0.05) is 0 Å². The molecule has 0 rings (SSSR count). The molecule has 0 saturated heterocycles. The summed E-state index contributed by atoms with van der Waals surface area (Å²) in [7, 11) is 0. The first-order valence-corrected chi connectivity index (χ1v) is 9.93. The summed E-state index contributed by atoms with van der Waals surface area (Å²) in [5.41, 5.74) is 21.1. The average Bonchev–Trinajstić information content (AvgIpc) is 2.74. The fraction of sp³-hybridized carbons (Fsp3) is 0.647. The summed E-state index contributed by atoms with van der Waals surface area (Å²) in [5, 5.41) is 18.2. The van der Waals surface area contributed by atoms with Gasteiger partial charge in [0.2, 0.25) is 29.5 Å². The van der Waals surface area contributed by atoms with Gasteiger partial charge in [-0.25, -0.2) is 0 Å². The first-order valence-electron chi connectivity index (χ1n) is 9.93. The van der Waals surface area contributed by atoms with E-state index in [-0.39, 0.29) is 18.8 Å². The molecule has 0 spiro atoms. The molecule has 0 unspecified atom stereocenters. The molecule has 0 bridgehead atoms. The first kappa shape index (κ1) is 28.5. The monoisotopic (exact) mass is 460 g/mol. The minimum Gasteiger partial charge on any atom is -0.394 e. The normalized spacial score (nSPS) is 13.1. The van der Waals surface area contributed by atoms with Gasteiger partial charge in [0.05, 0.1) is 26.2 Å². The van der Waals surface area contributed by atoms with Crippen LogP contribution in [0.4, 0.5) is 0 Å². The maximum absolute atomic E-state index is 12.5. The molecule has 182 valence electrons. The van der Waals surface area contributed by atoms with E-state index < -0.39 is 67.4 Å². The summed E-state index contributed by atoms with van der Waals surface area (Å²) in [4.78, 5) is 61.9. The van der Waals surface area contributed by atoms with Gasteiger partial charge in [0.15, 0.2) is 0 Å². The summed E-state index contributed by atoms with van der Waals surface area (Å²) in [5.74, 6) is -3.43. The predicted octanol–water partition coefficient (Wildman–Crippen LogP) is -7.46. The van der Waals surface area contributed by atoms with Gasteiger partial charge in [0.1, 0.15) is 18.1 Å². The lowest BCUT2D eigenvalue weighted by Crippen LogP contribution is -2.78. The van der Waals surface area contributed by atoms with Crippen molar-refractivity contribution >= 4 is 35.5 Å². The van der Waals surface area contributed by atoms with Crippen molar-refractivity contribution in [3.05, 3.63) is 0 Å². The zero-order valence-corrected chi connectivity index (χ0v) is 18.0. The van der Waals surface area contributed by atoms with E-state index in [4.69, 9.17) is 28.0 Å². The Kier molecular flexibility index (Phi) is 13.7. The minimum absolute atomic E-state index is 0.00503. The van der Waals surface area contributed by atoms with Crippen LogP contribution in [0.25, 0.3) is 0 Å². The van der Waals surface area contributed by atoms with Gasteiger partial charge in [0.25, 0.3) is 0 Å². The minimum atomic E-state index is -1.18. The molecule has 0 fully saturated rings. The third-order valence-corrected chi connectivity index (χ3v) is 4.12. The Hall–Kier alpha value is -3.46. The van der Waals surface area contributed by atoms with Crippen LogP contribution in [0.2, 0.25) is 0 Å². The number of hydrogen-bond donors (Lipinski definition) is 10. The Morgan fingerprint density at radius 2 is 1.44 bits per heavy atom. The van der Waals surface area contributed by atoms with Crippen molar-refractivity contribution in [3.8, 4) is 0 Å². The molecule has 0 radical (unpaired) electrons. The van der Waals surface area contributed by atoms with Crippen LogP contribution >= 0.6 is 0 Å². The van der Waals surface area contributed by atoms with Gasteiger partial charge in [-0.2, -0.15) is 0 Å². The van der Waals surface area contributed by atoms with Crippen molar-refractivity contribution in [2.24, 2.45) is 22.9 Å². The summed E-state index contributed by atoms with van der Waals surface area (Å²) >= 11 is 0. The fourth-order valence-corrected chi connectivity index (χ4v) is 2.34. The van der Waals surface area contributed by atoms with Gasteiger partial charge in [-0.3, -0.25) is 40.4 Å². The van der Waals surface area contributed by atoms with Crippen molar-refractivity contribution < 1.29 is 34.1 Å². The number of aliphatic hydroxyl groups excluding tert-OH is 1. The molecule has 0 heterocycles. The zero-order chi connectivity index (χ0) is 24.7. The molecule has 15 nitrogen and oxygen atoms in total. The van der Waals surface area contributed by atoms with E-state index >= 15 is 0 Å². The number of amides is 5. The summed E-state index contributed by atoms with van der Waals surface area (Å²) < 4.78 is 0. The second-order valence-electron chi connectivity index (χ2n) is 6.80. The lowest BCUT2D eigenvalue weighted by molar-refractivity contribution is -0.459. The Balaban J connectivity index is 4.88. The summed E-state index contributed by atoms with van der Waals surface area (Å²) in [6.07, 6.45) is 0.819. The molecular formula is C17H34N9O6+. The third-order valence-electron chi connectivity index (χ3n) is 4.12. The Morgan fingerprint density at radius 3 is 1.91 bits per heavy atom. The second-order valence-corrected chi connectivity index (χ2v) is 6.80. The zero-order valence-electron chi connectivity index (χ0n) is 18.0. The van der Waals surface area contributed by atoms with Crippen LogP contribution in [0.15, 0.2) is 0 Å². The molecule has 32 heavy (non-hydrogen) atoms. The van der Waals surface area contributed by atoms with Crippen molar-refractivity contribution in [2.75, 3.05) is 26.2 Å². The number of primary amides is 1. The van der Waals surface area contributed by atoms with Crippen LogP contribution < -0.4 is 49.2 Å². The number of carbonyl (C=O) groups is 5. The number of aliphatic hydroxyl groups is 1. The topological polar surface area (TPSA) is 272 Å². The average molecular weight is 461 g/mol. The van der Waals surface area contributed by atoms with Gasteiger partial charge in [-0.15, -0.1) is 0 Å². The smallest absolute Gasteiger partial charge is 0.338 e. The number of carbonyl (C=O) groups excluding carboxylic acids is 5. The van der Waals surface area contributed by atoms with Crippen LogP contribution in [-0.4, -0.2) is 85.0 Å². The third kappa shape index (κ3) is 12.3. The summed E-state index contributed by atoms with van der Waals surface area (Å²) in [6.45, 7) is 0.463. The van der Waals surface area contributed by atoms with Gasteiger partial charge in [-0.05, 0) is 19.3 Å². The highest BCUT2D eigenvalue weighted by atomic mass is 16.3. The maximum atomic E-state index is 12.5. The molecule has 0 aliphatic heterocycles. The molecule has 14 N–H and O–H groups in total. The Labute approximate surface area is 185 Å². The fourth-order valence-electron chi connectivity index (χ4n) is 2.34. The number of guanidine groups is 1. The molecule has 0 aromatic carbocycles. The largest absolute Gasteiger partial charge is 0.394 e. The van der Waals surface area contributed by atoms with Crippen molar-refractivity contribution in [1.29, 1.82) is 0 Å². The number of hydrogen-bond acceptors (Lipinski definition) is 7. The van der Waals surface area contributed by atoms with E-state index in [1.165, 1.54) is 0 Å². The second kappa shape index (κ2) is 15.4. The van der Waals surface area contributed by atoms with Gasteiger partial charge >= 0.3 is 5.96 Å². The van der Waals surface area contributed by atoms with E-state index in [1.54, 1.807) is 6.92 Å². The molecule has 0 aromatic heterocycles. The van der Waals surface area contributed by atoms with Crippen LogP contribution in [0.3, 0.4) is 0 Å². The van der Waals surface area contributed by atoms with Crippen LogP contribution in [0.1, 0.15) is 26.2 Å². The molecule has 3 atom stereocenters. The summed E-state index contributed by atoms with van der Waals surface area (Å²) in [6, 6.07) is -3.10. The highest BCUT2D eigenvalue weighted by Gasteiger charge is 2.23. The maximum Gasteiger partial charge on any atom is 0.338 e. The Morgan fingerprint density at radius 1 is 0.906 bits per heavy atom. The van der Waals surface area contributed by atoms with Gasteiger partial charge < -0.3 is 37.8 Å². The molecule has 0 saturated carbocycles. The first-order chi connectivity index (χ1) is 15.0. The van der Waals surface area contributed by atoms with E-state index in [9.17, 15) is 24.0 Å². The standard InChI is InChI=1S/C17H33N9O6/c1-2-10(14(19)30)25-12(28)7-24-16(32)11(4-3-5-22-17(20)21)26-13(29)6-23-15(31)9(18)8-27/h9-11,27H,2-8,18H2,1H3,(H2,19,30)(H,23,31)(H,24,32)(H,25,28)(H,26,29)(H4,20,21,22)/p+1/t9-,10-,11-/m0/s1. The van der Waals surface area contributed by atoms with E-state index in [0.717, 1.165) is 0 Å². The highest BCUT2D eigenvalue weighted by Crippen LogP contribution is 1.97. The molecule has 5 amide bonds. The lowest BCUT2D eigenvalue weighted by Gasteiger charge is -2.19. The highest BCUT2D eigenvalue weighted by molar-refractivity contribution is 5.93. The molecule has 0 aliphatic carbocycles. The van der Waals surface area contributed by atoms with Gasteiger partial charge in [-0.1, -0.05) is 6.92 Å². The van der Waals surface area contributed by atoms with Crippen molar-refractivity contribution in [3.63, 3.8) is 0 Å². The SMILES string of the molecule is CC[C@H](NC(=O)CNC(=O)[C@H](CCC[NH+]=C(N)N)NC(=O)CNC(=O)[C@@H](N)CO)C(N)=O. The number of nitrogens with one attached hydrogen (secondary N) is 5. The number of rotatable bonds is 15. The molecule has 0 aromatic rings. The molecule has 0 aliphatic rings. The van der Waals surface area contributed by atoms with E-state index in [2.05, 4.69) is 26.3 Å². The predicted molar refractivity (Wildman–Crippen MR) is 113 cm³/mol. The Bertz CT molecular complexity index is 696. The number of nitrogens with two attached hydrogens (primary N) is 4. The molecule has 15 heteroatoms. The van der Waals surface area contributed by atoms with Crippen LogP contribution in [-0.2, 0) is 24.0 Å². The quantitative estimate of drug-likeness (QED) is 0.0630. The van der Waals surface area contributed by atoms with Crippen LogP contribution in [0.5, 0.6) is 0 Å². The van der Waals surface area contributed by atoms with E-state index in [0.29, 0.717) is 13.0 Å². The van der Waals surface area contributed by atoms with Crippen molar-refractivity contribution in [2.45, 2.75) is 44.3 Å². The molecular weight excluding hydrogens is 426 g/mol.